The van der Waals surface area contributed by atoms with E-state index in [4.69, 9.17) is 0 Å². The standard InChI is InChI=1S/C10H16N2O3S/c1-10(13)5-3-4-9(10)12-7-8(6-11-12)16(2,14)15/h6-7,9,13H,3-5H2,1-2H3. The van der Waals surface area contributed by atoms with Crippen LogP contribution in [0.4, 0.5) is 0 Å². The maximum atomic E-state index is 11.3. The Labute approximate surface area is 95.0 Å². The van der Waals surface area contributed by atoms with Crippen molar-refractivity contribution in [3.05, 3.63) is 12.4 Å². The molecule has 1 aliphatic rings. The molecule has 2 unspecified atom stereocenters. The van der Waals surface area contributed by atoms with Gasteiger partial charge in [0.05, 0.1) is 17.8 Å². The van der Waals surface area contributed by atoms with Gasteiger partial charge in [-0.05, 0) is 26.2 Å². The van der Waals surface area contributed by atoms with Gasteiger partial charge >= 0.3 is 0 Å². The molecule has 1 saturated carbocycles. The van der Waals surface area contributed by atoms with E-state index < -0.39 is 15.4 Å². The predicted molar refractivity (Wildman–Crippen MR) is 58.8 cm³/mol. The Morgan fingerprint density at radius 2 is 2.31 bits per heavy atom. The van der Waals surface area contributed by atoms with Crippen LogP contribution in [0.3, 0.4) is 0 Å². The van der Waals surface area contributed by atoms with E-state index in [9.17, 15) is 13.5 Å². The monoisotopic (exact) mass is 244 g/mol. The second-order valence-corrected chi connectivity index (χ2v) is 6.71. The summed E-state index contributed by atoms with van der Waals surface area (Å²) in [4.78, 5) is 0.204. The quantitative estimate of drug-likeness (QED) is 0.833. The lowest BCUT2D eigenvalue weighted by Crippen LogP contribution is -2.31. The first-order valence-electron chi connectivity index (χ1n) is 5.27. The highest BCUT2D eigenvalue weighted by Gasteiger charge is 2.38. The molecule has 90 valence electrons. The highest BCUT2D eigenvalue weighted by molar-refractivity contribution is 7.90. The number of aromatic nitrogens is 2. The maximum Gasteiger partial charge on any atom is 0.178 e. The largest absolute Gasteiger partial charge is 0.388 e. The number of hydrogen-bond donors (Lipinski definition) is 1. The van der Waals surface area contributed by atoms with Crippen molar-refractivity contribution in [1.29, 1.82) is 0 Å². The molecular weight excluding hydrogens is 228 g/mol. The van der Waals surface area contributed by atoms with Crippen LogP contribution in [-0.4, -0.2) is 35.2 Å². The molecule has 1 aromatic heterocycles. The van der Waals surface area contributed by atoms with Gasteiger partial charge in [0.2, 0.25) is 0 Å². The molecule has 1 N–H and O–H groups in total. The summed E-state index contributed by atoms with van der Waals surface area (Å²) < 4.78 is 24.2. The van der Waals surface area contributed by atoms with Crippen molar-refractivity contribution in [1.82, 2.24) is 9.78 Å². The van der Waals surface area contributed by atoms with Crippen LogP contribution in [-0.2, 0) is 9.84 Å². The van der Waals surface area contributed by atoms with Crippen LogP contribution in [0, 0.1) is 0 Å². The highest BCUT2D eigenvalue weighted by atomic mass is 32.2. The summed E-state index contributed by atoms with van der Waals surface area (Å²) in [5.41, 5.74) is -0.791. The van der Waals surface area contributed by atoms with Gasteiger partial charge in [0, 0.05) is 12.5 Å². The molecule has 0 spiro atoms. The van der Waals surface area contributed by atoms with E-state index in [2.05, 4.69) is 5.10 Å². The molecule has 0 aromatic carbocycles. The van der Waals surface area contributed by atoms with E-state index >= 15 is 0 Å². The summed E-state index contributed by atoms with van der Waals surface area (Å²) in [5.74, 6) is 0. The van der Waals surface area contributed by atoms with Gasteiger partial charge in [0.15, 0.2) is 9.84 Å². The molecule has 16 heavy (non-hydrogen) atoms. The summed E-state index contributed by atoms with van der Waals surface area (Å²) in [7, 11) is -3.21. The van der Waals surface area contributed by atoms with Gasteiger partial charge in [0.25, 0.3) is 0 Å². The lowest BCUT2D eigenvalue weighted by Gasteiger charge is -2.25. The molecule has 2 atom stereocenters. The lowest BCUT2D eigenvalue weighted by atomic mass is 10.0. The summed E-state index contributed by atoms with van der Waals surface area (Å²) >= 11 is 0. The third kappa shape index (κ3) is 1.99. The number of rotatable bonds is 2. The van der Waals surface area contributed by atoms with E-state index in [-0.39, 0.29) is 10.9 Å². The Kier molecular flexibility index (Phi) is 2.58. The molecule has 1 heterocycles. The minimum Gasteiger partial charge on any atom is -0.388 e. The zero-order valence-corrected chi connectivity index (χ0v) is 10.2. The molecule has 1 aliphatic carbocycles. The van der Waals surface area contributed by atoms with Crippen molar-refractivity contribution in [3.63, 3.8) is 0 Å². The van der Waals surface area contributed by atoms with Gasteiger partial charge in [0.1, 0.15) is 4.90 Å². The normalized spacial score (nSPS) is 30.8. The van der Waals surface area contributed by atoms with E-state index in [1.807, 2.05) is 0 Å². The second-order valence-electron chi connectivity index (χ2n) is 4.69. The first-order valence-corrected chi connectivity index (χ1v) is 7.16. The van der Waals surface area contributed by atoms with Crippen LogP contribution < -0.4 is 0 Å². The topological polar surface area (TPSA) is 72.2 Å². The summed E-state index contributed by atoms with van der Waals surface area (Å²) in [6, 6.07) is -0.122. The fourth-order valence-electron chi connectivity index (χ4n) is 2.23. The maximum absolute atomic E-state index is 11.3. The third-order valence-corrected chi connectivity index (χ3v) is 4.27. The van der Waals surface area contributed by atoms with Crippen molar-refractivity contribution in [2.24, 2.45) is 0 Å². The van der Waals surface area contributed by atoms with Crippen LogP contribution in [0.15, 0.2) is 17.3 Å². The summed E-state index contributed by atoms with van der Waals surface area (Å²) in [6.07, 6.45) is 6.49. The smallest absolute Gasteiger partial charge is 0.178 e. The lowest BCUT2D eigenvalue weighted by molar-refractivity contribution is 0.0221. The Hall–Kier alpha value is -0.880. The molecule has 0 aliphatic heterocycles. The van der Waals surface area contributed by atoms with Crippen LogP contribution in [0.1, 0.15) is 32.2 Å². The molecule has 0 saturated heterocycles. The molecule has 2 rings (SSSR count). The molecular formula is C10H16N2O3S. The second kappa shape index (κ2) is 3.56. The van der Waals surface area contributed by atoms with Crippen molar-refractivity contribution >= 4 is 9.84 Å². The van der Waals surface area contributed by atoms with Gasteiger partial charge in [-0.3, -0.25) is 4.68 Å². The molecule has 0 radical (unpaired) electrons. The fourth-order valence-corrected chi connectivity index (χ4v) is 2.77. The van der Waals surface area contributed by atoms with Crippen LogP contribution in [0.25, 0.3) is 0 Å². The number of nitrogens with zero attached hydrogens (tertiary/aromatic N) is 2. The zero-order valence-electron chi connectivity index (χ0n) is 9.42. The Morgan fingerprint density at radius 1 is 1.62 bits per heavy atom. The van der Waals surface area contributed by atoms with Crippen molar-refractivity contribution in [3.8, 4) is 0 Å². The fraction of sp³-hybridized carbons (Fsp3) is 0.700. The predicted octanol–water partition coefficient (Wildman–Crippen LogP) is 0.763. The molecule has 1 fully saturated rings. The molecule has 6 heteroatoms. The van der Waals surface area contributed by atoms with Gasteiger partial charge in [-0.25, -0.2) is 8.42 Å². The van der Waals surface area contributed by atoms with Crippen molar-refractivity contribution in [2.45, 2.75) is 42.7 Å². The van der Waals surface area contributed by atoms with Gasteiger partial charge in [-0.1, -0.05) is 0 Å². The van der Waals surface area contributed by atoms with E-state index in [1.54, 1.807) is 11.6 Å². The van der Waals surface area contributed by atoms with E-state index in [0.717, 1.165) is 25.5 Å². The SMILES string of the molecule is CC1(O)CCCC1n1cc(S(C)(=O)=O)cn1. The van der Waals surface area contributed by atoms with E-state index in [1.165, 1.54) is 12.4 Å². The first kappa shape index (κ1) is 11.6. The van der Waals surface area contributed by atoms with Crippen LogP contribution in [0.5, 0.6) is 0 Å². The minimum absolute atomic E-state index is 0.122. The Bertz CT molecular complexity index is 490. The van der Waals surface area contributed by atoms with Crippen molar-refractivity contribution in [2.75, 3.05) is 6.26 Å². The van der Waals surface area contributed by atoms with Gasteiger partial charge in [-0.2, -0.15) is 5.10 Å². The van der Waals surface area contributed by atoms with E-state index in [0.29, 0.717) is 0 Å². The third-order valence-electron chi connectivity index (χ3n) is 3.20. The van der Waals surface area contributed by atoms with Gasteiger partial charge < -0.3 is 5.11 Å². The average Bonchev–Trinajstić information content (AvgIpc) is 2.68. The number of aliphatic hydroxyl groups is 1. The molecule has 5 nitrogen and oxygen atoms in total. The highest BCUT2D eigenvalue weighted by Crippen LogP contribution is 2.38. The van der Waals surface area contributed by atoms with Crippen LogP contribution in [0.2, 0.25) is 0 Å². The molecule has 0 bridgehead atoms. The molecule has 1 aromatic rings. The zero-order chi connectivity index (χ0) is 12.0. The first-order chi connectivity index (χ1) is 7.31. The summed E-state index contributed by atoms with van der Waals surface area (Å²) in [5, 5.41) is 14.1. The Balaban J connectivity index is 2.33. The Morgan fingerprint density at radius 3 is 2.75 bits per heavy atom. The number of sulfone groups is 1. The molecule has 0 amide bonds. The van der Waals surface area contributed by atoms with Gasteiger partial charge in [-0.15, -0.1) is 0 Å². The number of hydrogen-bond acceptors (Lipinski definition) is 4. The van der Waals surface area contributed by atoms with Crippen LogP contribution >= 0.6 is 0 Å². The van der Waals surface area contributed by atoms with Crippen molar-refractivity contribution < 1.29 is 13.5 Å². The average molecular weight is 244 g/mol. The summed E-state index contributed by atoms with van der Waals surface area (Å²) in [6.45, 7) is 1.77. The minimum atomic E-state index is -3.21.